The first kappa shape index (κ1) is 16.2. The number of hydrogen-bond donors (Lipinski definition) is 1. The van der Waals surface area contributed by atoms with Crippen LogP contribution >= 0.6 is 0 Å². The Morgan fingerprint density at radius 2 is 2.08 bits per heavy atom. The zero-order valence-corrected chi connectivity index (χ0v) is 14.2. The van der Waals surface area contributed by atoms with Crippen LogP contribution in [0, 0.1) is 11.8 Å². The molecule has 6 heteroatoms. The Labute approximate surface area is 141 Å². The van der Waals surface area contributed by atoms with E-state index >= 15 is 0 Å². The van der Waals surface area contributed by atoms with Crippen LogP contribution in [0.4, 0.5) is 0 Å². The molecule has 3 rings (SSSR count). The number of aryl methyl sites for hydroxylation is 1. The third-order valence-corrected chi connectivity index (χ3v) is 4.32. The van der Waals surface area contributed by atoms with E-state index in [2.05, 4.69) is 10.4 Å². The third-order valence-electron chi connectivity index (χ3n) is 4.32. The fourth-order valence-corrected chi connectivity index (χ4v) is 2.84. The SMILES string of the molecule is CN(C)C(=O)[C@@H]1C[C@@H]1C(=O)NCc1cccc(-c2cnn(C)c2)c1. The van der Waals surface area contributed by atoms with Crippen LogP contribution in [-0.2, 0) is 23.2 Å². The van der Waals surface area contributed by atoms with Crippen LogP contribution in [0.25, 0.3) is 11.1 Å². The maximum absolute atomic E-state index is 12.2. The molecule has 1 N–H and O–H groups in total. The van der Waals surface area contributed by atoms with Crippen LogP contribution in [0.15, 0.2) is 36.7 Å². The highest BCUT2D eigenvalue weighted by Gasteiger charge is 2.48. The van der Waals surface area contributed by atoms with E-state index in [0.717, 1.165) is 16.7 Å². The number of amides is 2. The average molecular weight is 326 g/mol. The highest BCUT2D eigenvalue weighted by atomic mass is 16.2. The Morgan fingerprint density at radius 3 is 2.75 bits per heavy atom. The highest BCUT2D eigenvalue weighted by molar-refractivity contribution is 5.92. The van der Waals surface area contributed by atoms with Crippen LogP contribution in [0.2, 0.25) is 0 Å². The lowest BCUT2D eigenvalue weighted by Crippen LogP contribution is -2.29. The molecule has 0 spiro atoms. The first-order valence-corrected chi connectivity index (χ1v) is 8.02. The number of carbonyl (C=O) groups is 2. The molecule has 1 aliphatic rings. The first-order valence-electron chi connectivity index (χ1n) is 8.02. The first-order chi connectivity index (χ1) is 11.5. The Kier molecular flexibility index (Phi) is 4.38. The van der Waals surface area contributed by atoms with Gasteiger partial charge in [0.2, 0.25) is 11.8 Å². The van der Waals surface area contributed by atoms with Crippen molar-refractivity contribution in [3.63, 3.8) is 0 Å². The largest absolute Gasteiger partial charge is 0.352 e. The molecule has 1 heterocycles. The van der Waals surface area contributed by atoms with E-state index in [9.17, 15) is 9.59 Å². The summed E-state index contributed by atoms with van der Waals surface area (Å²) in [5.74, 6) is -0.334. The van der Waals surface area contributed by atoms with Gasteiger partial charge in [0.05, 0.1) is 18.0 Å². The van der Waals surface area contributed by atoms with E-state index in [0.29, 0.717) is 13.0 Å². The van der Waals surface area contributed by atoms with Gasteiger partial charge in [-0.3, -0.25) is 14.3 Å². The van der Waals surface area contributed by atoms with Crippen molar-refractivity contribution in [1.29, 1.82) is 0 Å². The van der Waals surface area contributed by atoms with Gasteiger partial charge in [0.25, 0.3) is 0 Å². The molecule has 0 bridgehead atoms. The molecule has 24 heavy (non-hydrogen) atoms. The number of aromatic nitrogens is 2. The molecule has 0 radical (unpaired) electrons. The lowest BCUT2D eigenvalue weighted by Gasteiger charge is -2.10. The van der Waals surface area contributed by atoms with E-state index < -0.39 is 0 Å². The summed E-state index contributed by atoms with van der Waals surface area (Å²) in [5, 5.41) is 7.12. The van der Waals surface area contributed by atoms with Gasteiger partial charge >= 0.3 is 0 Å². The lowest BCUT2D eigenvalue weighted by atomic mass is 10.1. The Bertz CT molecular complexity index is 766. The molecule has 0 unspecified atom stereocenters. The average Bonchev–Trinajstić information content (AvgIpc) is 3.26. The number of nitrogens with zero attached hydrogens (tertiary/aromatic N) is 3. The fraction of sp³-hybridized carbons (Fsp3) is 0.389. The van der Waals surface area contributed by atoms with E-state index in [-0.39, 0.29) is 23.7 Å². The maximum atomic E-state index is 12.2. The van der Waals surface area contributed by atoms with E-state index in [4.69, 9.17) is 0 Å². The van der Waals surface area contributed by atoms with Gasteiger partial charge in [-0.15, -0.1) is 0 Å². The van der Waals surface area contributed by atoms with Crippen LogP contribution < -0.4 is 5.32 Å². The molecule has 1 aliphatic carbocycles. The van der Waals surface area contributed by atoms with Crippen LogP contribution in [0.3, 0.4) is 0 Å². The Hall–Kier alpha value is -2.63. The predicted molar refractivity (Wildman–Crippen MR) is 90.8 cm³/mol. The molecule has 126 valence electrons. The molecule has 2 aromatic rings. The fourth-order valence-electron chi connectivity index (χ4n) is 2.84. The number of rotatable bonds is 5. The summed E-state index contributed by atoms with van der Waals surface area (Å²) in [4.78, 5) is 25.6. The summed E-state index contributed by atoms with van der Waals surface area (Å²) in [7, 11) is 5.33. The maximum Gasteiger partial charge on any atom is 0.225 e. The zero-order valence-electron chi connectivity index (χ0n) is 14.2. The van der Waals surface area contributed by atoms with Crippen molar-refractivity contribution >= 4 is 11.8 Å². The summed E-state index contributed by atoms with van der Waals surface area (Å²) in [6.07, 6.45) is 4.43. The second-order valence-electron chi connectivity index (χ2n) is 6.50. The molecule has 2 amide bonds. The number of carbonyl (C=O) groups excluding carboxylic acids is 2. The molecular formula is C18H22N4O2. The van der Waals surface area contributed by atoms with Crippen molar-refractivity contribution in [2.45, 2.75) is 13.0 Å². The van der Waals surface area contributed by atoms with Gasteiger partial charge in [-0.25, -0.2) is 0 Å². The van der Waals surface area contributed by atoms with Gasteiger partial charge in [0.15, 0.2) is 0 Å². The molecule has 1 saturated carbocycles. The van der Waals surface area contributed by atoms with Crippen molar-refractivity contribution in [1.82, 2.24) is 20.0 Å². The summed E-state index contributed by atoms with van der Waals surface area (Å²) >= 11 is 0. The van der Waals surface area contributed by atoms with Gasteiger partial charge in [0, 0.05) is 39.4 Å². The summed E-state index contributed by atoms with van der Waals surface area (Å²) in [6, 6.07) is 8.02. The van der Waals surface area contributed by atoms with Crippen molar-refractivity contribution in [3.05, 3.63) is 42.2 Å². The Balaban J connectivity index is 1.58. The second kappa shape index (κ2) is 6.47. The summed E-state index contributed by atoms with van der Waals surface area (Å²) < 4.78 is 1.76. The van der Waals surface area contributed by atoms with Crippen molar-refractivity contribution < 1.29 is 9.59 Å². The molecule has 1 aromatic heterocycles. The molecule has 1 fully saturated rings. The van der Waals surface area contributed by atoms with Crippen molar-refractivity contribution in [3.8, 4) is 11.1 Å². The van der Waals surface area contributed by atoms with E-state index in [1.807, 2.05) is 43.7 Å². The molecule has 2 atom stereocenters. The van der Waals surface area contributed by atoms with Crippen molar-refractivity contribution in [2.24, 2.45) is 18.9 Å². The summed E-state index contributed by atoms with van der Waals surface area (Å²) in [6.45, 7) is 0.465. The Morgan fingerprint density at radius 1 is 1.29 bits per heavy atom. The van der Waals surface area contributed by atoms with Gasteiger partial charge in [0.1, 0.15) is 0 Å². The topological polar surface area (TPSA) is 67.2 Å². The molecule has 6 nitrogen and oxygen atoms in total. The van der Waals surface area contributed by atoms with Gasteiger partial charge in [-0.05, 0) is 23.6 Å². The van der Waals surface area contributed by atoms with Gasteiger partial charge in [-0.1, -0.05) is 18.2 Å². The van der Waals surface area contributed by atoms with Gasteiger partial charge in [-0.2, -0.15) is 5.10 Å². The van der Waals surface area contributed by atoms with E-state index in [1.54, 1.807) is 23.7 Å². The minimum Gasteiger partial charge on any atom is -0.352 e. The number of nitrogens with one attached hydrogen (secondary N) is 1. The van der Waals surface area contributed by atoms with Crippen LogP contribution in [0.5, 0.6) is 0 Å². The smallest absolute Gasteiger partial charge is 0.225 e. The van der Waals surface area contributed by atoms with Gasteiger partial charge < -0.3 is 10.2 Å². The normalized spacial score (nSPS) is 19.0. The quantitative estimate of drug-likeness (QED) is 0.904. The molecule has 1 aromatic carbocycles. The highest BCUT2D eigenvalue weighted by Crippen LogP contribution is 2.39. The predicted octanol–water partition coefficient (Wildman–Crippen LogP) is 1.43. The number of hydrogen-bond acceptors (Lipinski definition) is 3. The van der Waals surface area contributed by atoms with Crippen LogP contribution in [0.1, 0.15) is 12.0 Å². The minimum absolute atomic E-state index is 0.0359. The molecule has 0 aliphatic heterocycles. The third kappa shape index (κ3) is 3.48. The lowest BCUT2D eigenvalue weighted by molar-refractivity contribution is -0.132. The standard InChI is InChI=1S/C18H22N4O2/c1-21(2)18(24)16-8-15(16)17(23)19-9-12-5-4-6-13(7-12)14-10-20-22(3)11-14/h4-7,10-11,15-16H,8-9H2,1-3H3,(H,19,23)/t15-,16+/m0/s1. The zero-order chi connectivity index (χ0) is 17.3. The molecule has 0 saturated heterocycles. The number of benzene rings is 1. The second-order valence-corrected chi connectivity index (χ2v) is 6.50. The summed E-state index contributed by atoms with van der Waals surface area (Å²) in [5.41, 5.74) is 3.15. The molecular weight excluding hydrogens is 304 g/mol. The van der Waals surface area contributed by atoms with Crippen LogP contribution in [-0.4, -0.2) is 40.6 Å². The van der Waals surface area contributed by atoms with E-state index in [1.165, 1.54) is 0 Å². The monoisotopic (exact) mass is 326 g/mol. The minimum atomic E-state index is -0.179. The van der Waals surface area contributed by atoms with Crippen molar-refractivity contribution in [2.75, 3.05) is 14.1 Å².